The Morgan fingerprint density at radius 3 is 2.40 bits per heavy atom. The lowest BCUT2D eigenvalue weighted by atomic mass is 10.3. The lowest BCUT2D eigenvalue weighted by Crippen LogP contribution is -2.45. The normalized spacial score (nSPS) is 14.4. The summed E-state index contributed by atoms with van der Waals surface area (Å²) in [6.45, 7) is 1.61. The van der Waals surface area contributed by atoms with Gasteiger partial charge >= 0.3 is 0 Å². The van der Waals surface area contributed by atoms with E-state index in [0.29, 0.717) is 0 Å². The second kappa shape index (κ2) is 3.71. The number of guanidine groups is 1. The highest BCUT2D eigenvalue weighted by molar-refractivity contribution is 5.86. The molecule has 0 aromatic heterocycles. The Balaban J connectivity index is 3.80. The first kappa shape index (κ1) is 8.74. The fraction of sp³-hybridized carbons (Fsp3) is 0.600. The van der Waals surface area contributed by atoms with Crippen LogP contribution in [0, 0.1) is 0 Å². The third kappa shape index (κ3) is 2.91. The van der Waals surface area contributed by atoms with E-state index >= 15 is 0 Å². The van der Waals surface area contributed by atoms with Crippen LogP contribution in [0.5, 0.6) is 0 Å². The quantitative estimate of drug-likeness (QED) is 0.321. The molecule has 0 saturated heterocycles. The number of carbonyl (C=O) groups is 1. The van der Waals surface area contributed by atoms with Crippen molar-refractivity contribution in [2.24, 2.45) is 16.5 Å². The van der Waals surface area contributed by atoms with Gasteiger partial charge in [-0.25, -0.2) is 0 Å². The van der Waals surface area contributed by atoms with Crippen molar-refractivity contribution in [2.75, 3.05) is 7.05 Å². The molecule has 1 atom stereocenters. The molecule has 0 aromatic carbocycles. The minimum atomic E-state index is -0.469. The van der Waals surface area contributed by atoms with Crippen molar-refractivity contribution in [1.29, 1.82) is 0 Å². The molecule has 1 amide bonds. The number of nitrogens with two attached hydrogens (primary N) is 2. The second-order valence-corrected chi connectivity index (χ2v) is 1.88. The van der Waals surface area contributed by atoms with Crippen LogP contribution in [-0.2, 0) is 4.79 Å². The standard InChI is InChI=1S/C5H12N4O/c1-3(4(6)10)9-5(7)8-2/h3H,1-2H3,(H2,6,10)(H3,7,8,9)/t3-/m1/s1. The number of primary amides is 1. The molecule has 0 saturated carbocycles. The topological polar surface area (TPSA) is 93.5 Å². The van der Waals surface area contributed by atoms with Gasteiger partial charge in [-0.3, -0.25) is 9.79 Å². The zero-order chi connectivity index (χ0) is 8.15. The van der Waals surface area contributed by atoms with E-state index in [2.05, 4.69) is 10.3 Å². The molecule has 0 aliphatic rings. The third-order valence-electron chi connectivity index (χ3n) is 1.03. The molecule has 0 aliphatic carbocycles. The first-order chi connectivity index (χ1) is 4.57. The van der Waals surface area contributed by atoms with Crippen molar-refractivity contribution < 1.29 is 4.79 Å². The first-order valence-corrected chi connectivity index (χ1v) is 2.86. The van der Waals surface area contributed by atoms with Gasteiger partial charge in [-0.2, -0.15) is 0 Å². The lowest BCUT2D eigenvalue weighted by Gasteiger charge is -2.08. The number of carbonyl (C=O) groups excluding carboxylic acids is 1. The SMILES string of the molecule is CN=C(N)N[C@H](C)C(N)=O. The van der Waals surface area contributed by atoms with Gasteiger partial charge in [0.1, 0.15) is 6.04 Å². The Kier molecular flexibility index (Phi) is 3.24. The van der Waals surface area contributed by atoms with Crippen LogP contribution in [0.3, 0.4) is 0 Å². The monoisotopic (exact) mass is 144 g/mol. The van der Waals surface area contributed by atoms with Gasteiger partial charge in [0.2, 0.25) is 5.91 Å². The molecule has 0 spiro atoms. The summed E-state index contributed by atoms with van der Waals surface area (Å²) in [5.74, 6) is -0.238. The number of hydrogen-bond donors (Lipinski definition) is 3. The van der Waals surface area contributed by atoms with Crippen molar-refractivity contribution in [1.82, 2.24) is 5.32 Å². The Labute approximate surface area is 59.5 Å². The summed E-state index contributed by atoms with van der Waals surface area (Å²) in [7, 11) is 1.52. The Hall–Kier alpha value is -1.26. The Morgan fingerprint density at radius 2 is 2.10 bits per heavy atom. The Bertz CT molecular complexity index is 154. The predicted octanol–water partition coefficient (Wildman–Crippen LogP) is -1.61. The summed E-state index contributed by atoms with van der Waals surface area (Å²) in [4.78, 5) is 14.0. The van der Waals surface area contributed by atoms with Crippen molar-refractivity contribution in [3.05, 3.63) is 0 Å². The van der Waals surface area contributed by atoms with Crippen molar-refractivity contribution >= 4 is 11.9 Å². The van der Waals surface area contributed by atoms with Crippen LogP contribution < -0.4 is 16.8 Å². The largest absolute Gasteiger partial charge is 0.370 e. The van der Waals surface area contributed by atoms with Crippen LogP contribution in [0.25, 0.3) is 0 Å². The number of hydrogen-bond acceptors (Lipinski definition) is 2. The van der Waals surface area contributed by atoms with Crippen molar-refractivity contribution in [2.45, 2.75) is 13.0 Å². The highest BCUT2D eigenvalue weighted by Crippen LogP contribution is 1.75. The lowest BCUT2D eigenvalue weighted by molar-refractivity contribution is -0.119. The maximum atomic E-state index is 10.4. The van der Waals surface area contributed by atoms with Crippen LogP contribution in [0.2, 0.25) is 0 Å². The van der Waals surface area contributed by atoms with E-state index in [1.807, 2.05) is 0 Å². The van der Waals surface area contributed by atoms with Crippen molar-refractivity contribution in [3.63, 3.8) is 0 Å². The summed E-state index contributed by atoms with van der Waals surface area (Å²) in [5.41, 5.74) is 10.2. The van der Waals surface area contributed by atoms with Crippen LogP contribution >= 0.6 is 0 Å². The first-order valence-electron chi connectivity index (χ1n) is 2.86. The van der Waals surface area contributed by atoms with Gasteiger partial charge < -0.3 is 16.8 Å². The number of rotatable bonds is 2. The minimum Gasteiger partial charge on any atom is -0.370 e. The van der Waals surface area contributed by atoms with Crippen LogP contribution in [-0.4, -0.2) is 25.0 Å². The summed E-state index contributed by atoms with van der Waals surface area (Å²) < 4.78 is 0. The van der Waals surface area contributed by atoms with E-state index in [1.165, 1.54) is 7.05 Å². The molecule has 0 radical (unpaired) electrons. The summed E-state index contributed by atoms with van der Waals surface area (Å²) in [6.07, 6.45) is 0. The van der Waals surface area contributed by atoms with E-state index in [1.54, 1.807) is 6.92 Å². The number of nitrogens with one attached hydrogen (secondary N) is 1. The molecule has 5 nitrogen and oxygen atoms in total. The number of aliphatic imine (C=N–C) groups is 1. The van der Waals surface area contributed by atoms with Gasteiger partial charge in [0.15, 0.2) is 5.96 Å². The molecule has 10 heavy (non-hydrogen) atoms. The fourth-order valence-electron chi connectivity index (χ4n) is 0.358. The third-order valence-corrected chi connectivity index (χ3v) is 1.03. The van der Waals surface area contributed by atoms with Gasteiger partial charge in [0.05, 0.1) is 0 Å². The predicted molar refractivity (Wildman–Crippen MR) is 39.3 cm³/mol. The number of nitrogens with zero attached hydrogens (tertiary/aromatic N) is 1. The number of amides is 1. The average molecular weight is 144 g/mol. The maximum Gasteiger partial charge on any atom is 0.239 e. The van der Waals surface area contributed by atoms with E-state index in [-0.39, 0.29) is 5.96 Å². The molecule has 58 valence electrons. The minimum absolute atomic E-state index is 0.214. The van der Waals surface area contributed by atoms with Gasteiger partial charge in [-0.05, 0) is 6.92 Å². The van der Waals surface area contributed by atoms with E-state index in [0.717, 1.165) is 0 Å². The van der Waals surface area contributed by atoms with Gasteiger partial charge in [-0.15, -0.1) is 0 Å². The zero-order valence-electron chi connectivity index (χ0n) is 6.09. The van der Waals surface area contributed by atoms with E-state index in [9.17, 15) is 4.79 Å². The highest BCUT2D eigenvalue weighted by Gasteiger charge is 2.06. The molecule has 0 heterocycles. The summed E-state index contributed by atoms with van der Waals surface area (Å²) >= 11 is 0. The molecular weight excluding hydrogens is 132 g/mol. The molecule has 0 fully saturated rings. The van der Waals surface area contributed by atoms with Gasteiger partial charge in [-0.1, -0.05) is 0 Å². The van der Waals surface area contributed by atoms with Crippen LogP contribution in [0.15, 0.2) is 4.99 Å². The van der Waals surface area contributed by atoms with Gasteiger partial charge in [0.25, 0.3) is 0 Å². The average Bonchev–Trinajstić information content (AvgIpc) is 1.87. The summed E-state index contributed by atoms with van der Waals surface area (Å²) in [5, 5.41) is 2.58. The molecule has 0 unspecified atom stereocenters. The second-order valence-electron chi connectivity index (χ2n) is 1.88. The van der Waals surface area contributed by atoms with Gasteiger partial charge in [0, 0.05) is 7.05 Å². The molecule has 0 rings (SSSR count). The van der Waals surface area contributed by atoms with E-state index in [4.69, 9.17) is 11.5 Å². The Morgan fingerprint density at radius 1 is 1.60 bits per heavy atom. The molecule has 5 N–H and O–H groups in total. The van der Waals surface area contributed by atoms with Crippen LogP contribution in [0.1, 0.15) is 6.92 Å². The van der Waals surface area contributed by atoms with Crippen LogP contribution in [0.4, 0.5) is 0 Å². The van der Waals surface area contributed by atoms with Crippen molar-refractivity contribution in [3.8, 4) is 0 Å². The fourth-order valence-corrected chi connectivity index (χ4v) is 0.358. The molecule has 0 aliphatic heterocycles. The summed E-state index contributed by atoms with van der Waals surface area (Å²) in [6, 6.07) is -0.469. The highest BCUT2D eigenvalue weighted by atomic mass is 16.1. The smallest absolute Gasteiger partial charge is 0.239 e. The maximum absolute atomic E-state index is 10.4. The molecular formula is C5H12N4O. The van der Waals surface area contributed by atoms with E-state index < -0.39 is 11.9 Å². The molecule has 0 aromatic rings. The molecule has 0 bridgehead atoms. The zero-order valence-corrected chi connectivity index (χ0v) is 6.09. The molecule has 5 heteroatoms.